The summed E-state index contributed by atoms with van der Waals surface area (Å²) in [6.07, 6.45) is 32.1. The van der Waals surface area contributed by atoms with E-state index in [1.165, 1.54) is 83.5 Å². The van der Waals surface area contributed by atoms with Gasteiger partial charge in [-0.3, -0.25) is 4.79 Å². The lowest BCUT2D eigenvalue weighted by atomic mass is 9.88. The van der Waals surface area contributed by atoms with Crippen LogP contribution in [0.25, 0.3) is 0 Å². The number of nitrogens with two attached hydrogens (primary N) is 1. The number of primary amides is 1. The Bertz CT molecular complexity index is 632. The van der Waals surface area contributed by atoms with Crippen molar-refractivity contribution in [2.45, 2.75) is 179 Å². The third kappa shape index (κ3) is 18.0. The number of carbonyl (C=O) groups excluding carboxylic acids is 2. The van der Waals surface area contributed by atoms with Gasteiger partial charge in [0.1, 0.15) is 5.60 Å². The molecule has 1 rings (SSSR count). The Hall–Kier alpha value is -1.36. The molecule has 5 nitrogen and oxygen atoms in total. The van der Waals surface area contributed by atoms with Crippen LogP contribution in [0.3, 0.4) is 0 Å². The van der Waals surface area contributed by atoms with E-state index < -0.39 is 5.60 Å². The molecule has 1 amide bonds. The number of aliphatic hydroxyl groups is 1. The lowest BCUT2D eigenvalue weighted by molar-refractivity contribution is -0.163. The van der Waals surface area contributed by atoms with Crippen molar-refractivity contribution in [2.24, 2.45) is 5.73 Å². The van der Waals surface area contributed by atoms with Gasteiger partial charge in [-0.05, 0) is 32.1 Å². The molecule has 0 aromatic carbocycles. The lowest BCUT2D eigenvalue weighted by Crippen LogP contribution is -2.41. The smallest absolute Gasteiger partial charge is 0.334 e. The SMILES string of the molecule is CCCCCCCCCCCCCCCCCC1(CO)CC=C(CCCCCCCCCC(N)=O)C(=O)O1. The van der Waals surface area contributed by atoms with E-state index in [2.05, 4.69) is 6.92 Å². The van der Waals surface area contributed by atoms with Crippen molar-refractivity contribution in [3.8, 4) is 0 Å². The molecule has 0 spiro atoms. The van der Waals surface area contributed by atoms with E-state index in [0.717, 1.165) is 76.2 Å². The third-order valence-electron chi connectivity index (χ3n) is 8.19. The lowest BCUT2D eigenvalue weighted by Gasteiger charge is -2.34. The number of hydrogen-bond acceptors (Lipinski definition) is 4. The number of ether oxygens (including phenoxy) is 1. The number of rotatable bonds is 27. The first-order valence-corrected chi connectivity index (χ1v) is 16.3. The molecule has 1 atom stereocenters. The minimum absolute atomic E-state index is 0.0864. The average Bonchev–Trinajstić information content (AvgIpc) is 2.90. The molecular weight excluding hydrogens is 474 g/mol. The average molecular weight is 536 g/mol. The number of carbonyl (C=O) groups is 2. The van der Waals surface area contributed by atoms with E-state index in [1.54, 1.807) is 0 Å². The van der Waals surface area contributed by atoms with Crippen LogP contribution in [0.1, 0.15) is 174 Å². The molecule has 0 radical (unpaired) electrons. The molecule has 0 bridgehead atoms. The molecule has 3 N–H and O–H groups in total. The molecule has 1 aliphatic heterocycles. The van der Waals surface area contributed by atoms with Crippen molar-refractivity contribution in [3.63, 3.8) is 0 Å². The number of hydrogen-bond donors (Lipinski definition) is 2. The number of esters is 1. The Morgan fingerprint density at radius 1 is 0.763 bits per heavy atom. The van der Waals surface area contributed by atoms with E-state index in [-0.39, 0.29) is 18.5 Å². The molecule has 0 saturated heterocycles. The number of amides is 1. The highest BCUT2D eigenvalue weighted by atomic mass is 16.6. The molecule has 1 heterocycles. The van der Waals surface area contributed by atoms with E-state index in [4.69, 9.17) is 10.5 Å². The molecule has 1 aliphatic rings. The van der Waals surface area contributed by atoms with Crippen LogP contribution in [0.15, 0.2) is 11.6 Å². The maximum atomic E-state index is 12.6. The fraction of sp³-hybridized carbons (Fsp3) is 0.879. The maximum Gasteiger partial charge on any atom is 0.334 e. The van der Waals surface area contributed by atoms with Crippen molar-refractivity contribution in [2.75, 3.05) is 6.61 Å². The maximum absolute atomic E-state index is 12.6. The van der Waals surface area contributed by atoms with Gasteiger partial charge in [0, 0.05) is 18.4 Å². The van der Waals surface area contributed by atoms with Crippen LogP contribution in [0, 0.1) is 0 Å². The topological polar surface area (TPSA) is 89.6 Å². The van der Waals surface area contributed by atoms with Crippen LogP contribution in [-0.2, 0) is 14.3 Å². The molecule has 38 heavy (non-hydrogen) atoms. The highest BCUT2D eigenvalue weighted by Crippen LogP contribution is 2.31. The monoisotopic (exact) mass is 535 g/mol. The number of cyclic esters (lactones) is 1. The molecule has 0 aromatic rings. The van der Waals surface area contributed by atoms with Crippen LogP contribution >= 0.6 is 0 Å². The van der Waals surface area contributed by atoms with E-state index in [1.807, 2.05) is 6.08 Å². The summed E-state index contributed by atoms with van der Waals surface area (Å²) < 4.78 is 5.80. The summed E-state index contributed by atoms with van der Waals surface area (Å²) in [5.41, 5.74) is 5.24. The van der Waals surface area contributed by atoms with Gasteiger partial charge >= 0.3 is 5.97 Å². The van der Waals surface area contributed by atoms with E-state index in [9.17, 15) is 14.7 Å². The minimum Gasteiger partial charge on any atom is -0.453 e. The molecule has 0 saturated carbocycles. The first-order valence-electron chi connectivity index (χ1n) is 16.3. The van der Waals surface area contributed by atoms with E-state index in [0.29, 0.717) is 12.8 Å². The molecule has 0 fully saturated rings. The molecule has 1 unspecified atom stereocenters. The third-order valence-corrected chi connectivity index (χ3v) is 8.19. The van der Waals surface area contributed by atoms with Gasteiger partial charge in [-0.15, -0.1) is 0 Å². The van der Waals surface area contributed by atoms with Crippen molar-refractivity contribution in [1.82, 2.24) is 0 Å². The Balaban J connectivity index is 2.03. The van der Waals surface area contributed by atoms with Crippen LogP contribution in [0.2, 0.25) is 0 Å². The largest absolute Gasteiger partial charge is 0.453 e. The van der Waals surface area contributed by atoms with Gasteiger partial charge in [-0.2, -0.15) is 0 Å². The van der Waals surface area contributed by atoms with Crippen molar-refractivity contribution in [1.29, 1.82) is 0 Å². The fourth-order valence-electron chi connectivity index (χ4n) is 5.55. The summed E-state index contributed by atoms with van der Waals surface area (Å²) in [5, 5.41) is 9.99. The second-order valence-electron chi connectivity index (χ2n) is 11.8. The summed E-state index contributed by atoms with van der Waals surface area (Å²) in [7, 11) is 0. The van der Waals surface area contributed by atoms with Crippen LogP contribution in [0.5, 0.6) is 0 Å². The van der Waals surface area contributed by atoms with Crippen LogP contribution in [0.4, 0.5) is 0 Å². The summed E-state index contributed by atoms with van der Waals surface area (Å²) >= 11 is 0. The van der Waals surface area contributed by atoms with E-state index >= 15 is 0 Å². The predicted molar refractivity (Wildman–Crippen MR) is 159 cm³/mol. The highest BCUT2D eigenvalue weighted by molar-refractivity contribution is 5.89. The summed E-state index contributed by atoms with van der Waals surface area (Å²) in [6, 6.07) is 0. The van der Waals surface area contributed by atoms with Gasteiger partial charge in [0.2, 0.25) is 5.91 Å². The van der Waals surface area contributed by atoms with Gasteiger partial charge in [-0.25, -0.2) is 4.79 Å². The first kappa shape index (κ1) is 34.7. The molecule has 222 valence electrons. The Labute approximate surface area is 234 Å². The van der Waals surface area contributed by atoms with Crippen LogP contribution < -0.4 is 5.73 Å². The zero-order chi connectivity index (χ0) is 27.7. The Morgan fingerprint density at radius 3 is 1.66 bits per heavy atom. The number of unbranched alkanes of at least 4 members (excludes halogenated alkanes) is 20. The van der Waals surface area contributed by atoms with Crippen molar-refractivity contribution < 1.29 is 19.4 Å². The summed E-state index contributed by atoms with van der Waals surface area (Å²) in [5.74, 6) is -0.435. The molecule has 0 aliphatic carbocycles. The van der Waals surface area contributed by atoms with Crippen molar-refractivity contribution >= 4 is 11.9 Å². The summed E-state index contributed by atoms with van der Waals surface area (Å²) in [6.45, 7) is 2.19. The standard InChI is InChI=1S/C33H61NO4/c1-2-3-4-5-6-7-8-9-10-11-12-13-17-20-23-27-33(29-35)28-26-30(32(37)38-33)24-21-18-15-14-16-19-22-25-31(34)36/h26,35H,2-25,27-29H2,1H3,(H2,34,36). The molecule has 5 heteroatoms. The highest BCUT2D eigenvalue weighted by Gasteiger charge is 2.36. The predicted octanol–water partition coefficient (Wildman–Crippen LogP) is 8.85. The Kier molecular flexibility index (Phi) is 21.5. The quantitative estimate of drug-likeness (QED) is 0.0812. The van der Waals surface area contributed by atoms with Crippen molar-refractivity contribution in [3.05, 3.63) is 11.6 Å². The second kappa shape index (κ2) is 23.5. The van der Waals surface area contributed by atoms with Gasteiger partial charge in [0.05, 0.1) is 6.61 Å². The Morgan fingerprint density at radius 2 is 1.21 bits per heavy atom. The molecular formula is C33H61NO4. The van der Waals surface area contributed by atoms with Gasteiger partial charge in [-0.1, -0.05) is 135 Å². The van der Waals surface area contributed by atoms with Gasteiger partial charge in [0.15, 0.2) is 0 Å². The fourth-order valence-corrected chi connectivity index (χ4v) is 5.55. The van der Waals surface area contributed by atoms with Gasteiger partial charge < -0.3 is 15.6 Å². The zero-order valence-corrected chi connectivity index (χ0v) is 24.9. The van der Waals surface area contributed by atoms with Crippen LogP contribution in [-0.4, -0.2) is 29.2 Å². The second-order valence-corrected chi connectivity index (χ2v) is 11.8. The molecule has 0 aromatic heterocycles. The normalized spacial score (nSPS) is 17.4. The first-order chi connectivity index (χ1) is 18.5. The van der Waals surface area contributed by atoms with Gasteiger partial charge in [0.25, 0.3) is 0 Å². The number of aliphatic hydroxyl groups excluding tert-OH is 1. The summed E-state index contributed by atoms with van der Waals surface area (Å²) in [4.78, 5) is 23.3. The zero-order valence-electron chi connectivity index (χ0n) is 24.9. The minimum atomic E-state index is -0.706.